The third-order valence-corrected chi connectivity index (χ3v) is 4.38. The minimum atomic E-state index is -0.799. The van der Waals surface area contributed by atoms with Crippen molar-refractivity contribution < 1.29 is 14.7 Å². The molecule has 0 aromatic carbocycles. The Balaban J connectivity index is 2.49. The normalized spacial score (nSPS) is 23.8. The van der Waals surface area contributed by atoms with Crippen LogP contribution in [0.4, 0.5) is 0 Å². The molecular formula is C16H30N2O3. The highest BCUT2D eigenvalue weighted by atomic mass is 16.4. The molecule has 1 rings (SSSR count). The maximum absolute atomic E-state index is 12.3. The van der Waals surface area contributed by atoms with E-state index in [2.05, 4.69) is 19.2 Å². The van der Waals surface area contributed by atoms with E-state index >= 15 is 0 Å². The second-order valence-electron chi connectivity index (χ2n) is 6.73. The smallest absolute Gasteiger partial charge is 0.303 e. The Labute approximate surface area is 127 Å². The van der Waals surface area contributed by atoms with Gasteiger partial charge in [-0.1, -0.05) is 26.7 Å². The lowest BCUT2D eigenvalue weighted by molar-refractivity contribution is -0.138. The summed E-state index contributed by atoms with van der Waals surface area (Å²) in [5, 5.41) is 11.9. The Morgan fingerprint density at radius 2 is 1.95 bits per heavy atom. The van der Waals surface area contributed by atoms with Crippen molar-refractivity contribution in [3.63, 3.8) is 0 Å². The van der Waals surface area contributed by atoms with Gasteiger partial charge in [0.25, 0.3) is 0 Å². The standard InChI is InChI=1S/C16H30N2O3/c1-11(2)7-12(8-15(19)20)10-18-16(21)14-6-4-3-5-13(14)9-17/h11-14H,3-10,17H2,1-2H3,(H,18,21)(H,19,20)/t12-,13?,14?/m0/s1. The molecule has 1 aliphatic carbocycles. The van der Waals surface area contributed by atoms with Crippen LogP contribution in [0, 0.1) is 23.7 Å². The lowest BCUT2D eigenvalue weighted by Gasteiger charge is -2.30. The third-order valence-electron chi connectivity index (χ3n) is 4.38. The zero-order valence-electron chi connectivity index (χ0n) is 13.3. The van der Waals surface area contributed by atoms with Gasteiger partial charge in [-0.15, -0.1) is 0 Å². The molecule has 5 heteroatoms. The number of aliphatic carboxylic acids is 1. The van der Waals surface area contributed by atoms with Gasteiger partial charge in [0.15, 0.2) is 0 Å². The van der Waals surface area contributed by atoms with Gasteiger partial charge in [0.1, 0.15) is 0 Å². The topological polar surface area (TPSA) is 92.4 Å². The summed E-state index contributed by atoms with van der Waals surface area (Å²) >= 11 is 0. The number of nitrogens with two attached hydrogens (primary N) is 1. The SMILES string of the molecule is CC(C)C[C@H](CNC(=O)C1CCCCC1CN)CC(=O)O. The molecule has 2 unspecified atom stereocenters. The van der Waals surface area contributed by atoms with E-state index < -0.39 is 5.97 Å². The van der Waals surface area contributed by atoms with E-state index in [1.54, 1.807) is 0 Å². The van der Waals surface area contributed by atoms with Crippen molar-refractivity contribution in [1.29, 1.82) is 0 Å². The highest BCUT2D eigenvalue weighted by Gasteiger charge is 2.30. The average molecular weight is 298 g/mol. The van der Waals surface area contributed by atoms with Crippen molar-refractivity contribution in [3.8, 4) is 0 Å². The molecule has 0 aromatic heterocycles. The van der Waals surface area contributed by atoms with E-state index in [9.17, 15) is 9.59 Å². The first-order chi connectivity index (χ1) is 9.93. The van der Waals surface area contributed by atoms with E-state index in [-0.39, 0.29) is 30.1 Å². The van der Waals surface area contributed by atoms with E-state index in [1.165, 1.54) is 0 Å². The van der Waals surface area contributed by atoms with Gasteiger partial charge in [-0.25, -0.2) is 0 Å². The second kappa shape index (κ2) is 9.03. The van der Waals surface area contributed by atoms with Gasteiger partial charge in [-0.05, 0) is 43.6 Å². The minimum absolute atomic E-state index is 0.00590. The van der Waals surface area contributed by atoms with Crippen LogP contribution in [0.3, 0.4) is 0 Å². The first-order valence-corrected chi connectivity index (χ1v) is 8.13. The molecule has 1 amide bonds. The first kappa shape index (κ1) is 18.0. The highest BCUT2D eigenvalue weighted by Crippen LogP contribution is 2.29. The molecule has 0 aromatic rings. The van der Waals surface area contributed by atoms with Crippen LogP contribution >= 0.6 is 0 Å². The van der Waals surface area contributed by atoms with E-state index in [4.69, 9.17) is 10.8 Å². The number of hydrogen-bond acceptors (Lipinski definition) is 3. The number of carbonyl (C=O) groups is 2. The van der Waals surface area contributed by atoms with E-state index in [0.717, 1.165) is 32.1 Å². The number of carboxylic acids is 1. The quantitative estimate of drug-likeness (QED) is 0.639. The highest BCUT2D eigenvalue weighted by molar-refractivity contribution is 5.79. The fourth-order valence-corrected chi connectivity index (χ4v) is 3.36. The molecule has 0 saturated heterocycles. The summed E-state index contributed by atoms with van der Waals surface area (Å²) in [4.78, 5) is 23.2. The van der Waals surface area contributed by atoms with Gasteiger partial charge < -0.3 is 16.2 Å². The molecule has 0 spiro atoms. The van der Waals surface area contributed by atoms with Crippen molar-refractivity contribution in [2.75, 3.05) is 13.1 Å². The minimum Gasteiger partial charge on any atom is -0.481 e. The molecule has 1 saturated carbocycles. The predicted molar refractivity (Wildman–Crippen MR) is 82.7 cm³/mol. The summed E-state index contributed by atoms with van der Waals surface area (Å²) in [6.07, 6.45) is 5.10. The molecule has 0 radical (unpaired) electrons. The molecule has 0 aliphatic heterocycles. The van der Waals surface area contributed by atoms with Gasteiger partial charge in [0.05, 0.1) is 0 Å². The van der Waals surface area contributed by atoms with Crippen molar-refractivity contribution >= 4 is 11.9 Å². The van der Waals surface area contributed by atoms with Gasteiger partial charge >= 0.3 is 5.97 Å². The molecule has 1 fully saturated rings. The molecule has 4 N–H and O–H groups in total. The van der Waals surface area contributed by atoms with Gasteiger partial charge in [0.2, 0.25) is 5.91 Å². The van der Waals surface area contributed by atoms with Crippen LogP contribution in [0.5, 0.6) is 0 Å². The van der Waals surface area contributed by atoms with Crippen molar-refractivity contribution in [2.45, 2.75) is 52.4 Å². The molecule has 0 bridgehead atoms. The molecule has 0 heterocycles. The summed E-state index contributed by atoms with van der Waals surface area (Å²) < 4.78 is 0. The van der Waals surface area contributed by atoms with Crippen LogP contribution in [0.2, 0.25) is 0 Å². The van der Waals surface area contributed by atoms with Crippen molar-refractivity contribution in [2.24, 2.45) is 29.4 Å². The van der Waals surface area contributed by atoms with E-state index in [0.29, 0.717) is 19.0 Å². The Hall–Kier alpha value is -1.10. The van der Waals surface area contributed by atoms with Crippen LogP contribution in [0.25, 0.3) is 0 Å². The second-order valence-corrected chi connectivity index (χ2v) is 6.73. The van der Waals surface area contributed by atoms with Crippen molar-refractivity contribution in [1.82, 2.24) is 5.32 Å². The summed E-state index contributed by atoms with van der Waals surface area (Å²) in [6.45, 7) is 5.16. The maximum atomic E-state index is 12.3. The van der Waals surface area contributed by atoms with Crippen molar-refractivity contribution in [3.05, 3.63) is 0 Å². The molecule has 1 aliphatic rings. The third kappa shape index (κ3) is 6.46. The summed E-state index contributed by atoms with van der Waals surface area (Å²) in [5.41, 5.74) is 5.76. The number of carboxylic acid groups (broad SMARTS) is 1. The van der Waals surface area contributed by atoms with Crippen LogP contribution in [-0.2, 0) is 9.59 Å². The number of nitrogens with one attached hydrogen (secondary N) is 1. The molecule has 5 nitrogen and oxygen atoms in total. The zero-order chi connectivity index (χ0) is 15.8. The maximum Gasteiger partial charge on any atom is 0.303 e. The molecule has 21 heavy (non-hydrogen) atoms. The van der Waals surface area contributed by atoms with Crippen LogP contribution < -0.4 is 11.1 Å². The first-order valence-electron chi connectivity index (χ1n) is 8.13. The molecule has 3 atom stereocenters. The Morgan fingerprint density at radius 3 is 2.52 bits per heavy atom. The number of hydrogen-bond donors (Lipinski definition) is 3. The van der Waals surface area contributed by atoms with Gasteiger partial charge in [0, 0.05) is 18.9 Å². The molecular weight excluding hydrogens is 268 g/mol. The fraction of sp³-hybridized carbons (Fsp3) is 0.875. The van der Waals surface area contributed by atoms with Crippen LogP contribution in [-0.4, -0.2) is 30.1 Å². The zero-order valence-corrected chi connectivity index (χ0v) is 13.3. The monoisotopic (exact) mass is 298 g/mol. The van der Waals surface area contributed by atoms with E-state index in [1.807, 2.05) is 0 Å². The van der Waals surface area contributed by atoms with Gasteiger partial charge in [-0.2, -0.15) is 0 Å². The Kier molecular flexibility index (Phi) is 7.72. The lowest BCUT2D eigenvalue weighted by Crippen LogP contribution is -2.41. The van der Waals surface area contributed by atoms with Gasteiger partial charge in [-0.3, -0.25) is 9.59 Å². The predicted octanol–water partition coefficient (Wildman–Crippen LogP) is 2.00. The largest absolute Gasteiger partial charge is 0.481 e. The summed E-state index contributed by atoms with van der Waals surface area (Å²) in [5.74, 6) is -0.0177. The van der Waals surface area contributed by atoms with Crippen LogP contribution in [0.15, 0.2) is 0 Å². The lowest BCUT2D eigenvalue weighted by atomic mass is 9.78. The number of rotatable bonds is 8. The summed E-state index contributed by atoms with van der Waals surface area (Å²) in [6, 6.07) is 0. The average Bonchev–Trinajstić information content (AvgIpc) is 2.43. The summed E-state index contributed by atoms with van der Waals surface area (Å²) in [7, 11) is 0. The van der Waals surface area contributed by atoms with Crippen LogP contribution in [0.1, 0.15) is 52.4 Å². The Morgan fingerprint density at radius 1 is 1.29 bits per heavy atom. The Bertz CT molecular complexity index is 344. The fourth-order valence-electron chi connectivity index (χ4n) is 3.36. The molecule has 122 valence electrons. The number of amides is 1. The number of carbonyl (C=O) groups excluding carboxylic acids is 1.